The number of nitrogens with one attached hydrogen (secondary N) is 1. The molecule has 0 radical (unpaired) electrons. The van der Waals surface area contributed by atoms with Gasteiger partial charge in [-0.3, -0.25) is 14.7 Å². The van der Waals surface area contributed by atoms with Gasteiger partial charge in [-0.15, -0.1) is 5.10 Å². The number of hydrogen-bond donors (Lipinski definition) is 2. The summed E-state index contributed by atoms with van der Waals surface area (Å²) in [6.07, 6.45) is 0. The van der Waals surface area contributed by atoms with E-state index in [9.17, 15) is 9.59 Å². The standard InChI is InChI=1S/C15H18N6O3/c1-9-13(22)21(10-4-3-5-11(8-10)24-2)7-6-20(9)14(23)12-17-15(16)19-18-12/h3-5,8-9H,6-7H2,1-2H3,(H3,16,17,18,19). The quantitative estimate of drug-likeness (QED) is 0.834. The first kappa shape index (κ1) is 15.8. The third-order valence-corrected chi connectivity index (χ3v) is 3.99. The summed E-state index contributed by atoms with van der Waals surface area (Å²) in [6.45, 7) is 2.45. The molecule has 1 fully saturated rings. The molecule has 1 aromatic carbocycles. The Bertz CT molecular complexity index is 774. The molecule has 1 atom stereocenters. The fraction of sp³-hybridized carbons (Fsp3) is 0.333. The predicted molar refractivity (Wildman–Crippen MR) is 86.6 cm³/mol. The molecule has 0 saturated carbocycles. The van der Waals surface area contributed by atoms with E-state index in [1.165, 1.54) is 4.90 Å². The molecule has 9 heteroatoms. The molecule has 2 amide bonds. The molecule has 126 valence electrons. The van der Waals surface area contributed by atoms with Crippen LogP contribution in [0.15, 0.2) is 24.3 Å². The number of amides is 2. The van der Waals surface area contributed by atoms with E-state index >= 15 is 0 Å². The zero-order valence-corrected chi connectivity index (χ0v) is 13.4. The van der Waals surface area contributed by atoms with Gasteiger partial charge in [0.05, 0.1) is 7.11 Å². The van der Waals surface area contributed by atoms with Gasteiger partial charge >= 0.3 is 0 Å². The van der Waals surface area contributed by atoms with Crippen LogP contribution in [-0.4, -0.2) is 58.1 Å². The molecule has 0 spiro atoms. The molecular formula is C15H18N6O3. The van der Waals surface area contributed by atoms with Crippen molar-refractivity contribution < 1.29 is 14.3 Å². The second kappa shape index (κ2) is 6.19. The number of benzene rings is 1. The summed E-state index contributed by atoms with van der Waals surface area (Å²) in [6, 6.07) is 6.64. The number of nitrogens with two attached hydrogens (primary N) is 1. The first-order chi connectivity index (χ1) is 11.5. The summed E-state index contributed by atoms with van der Waals surface area (Å²) in [5.74, 6) is 0.124. The highest BCUT2D eigenvalue weighted by Crippen LogP contribution is 2.25. The summed E-state index contributed by atoms with van der Waals surface area (Å²) in [5.41, 5.74) is 6.16. The monoisotopic (exact) mass is 330 g/mol. The van der Waals surface area contributed by atoms with Gasteiger partial charge in [-0.1, -0.05) is 6.07 Å². The van der Waals surface area contributed by atoms with E-state index < -0.39 is 11.9 Å². The number of rotatable bonds is 3. The Morgan fingerprint density at radius 3 is 2.88 bits per heavy atom. The van der Waals surface area contributed by atoms with Crippen molar-refractivity contribution in [2.24, 2.45) is 0 Å². The molecule has 1 aliphatic rings. The average molecular weight is 330 g/mol. The number of ether oxygens (including phenoxy) is 1. The smallest absolute Gasteiger partial charge is 0.291 e. The number of nitrogens with zero attached hydrogens (tertiary/aromatic N) is 4. The third kappa shape index (κ3) is 2.75. The van der Waals surface area contributed by atoms with Gasteiger partial charge < -0.3 is 20.3 Å². The van der Waals surface area contributed by atoms with E-state index in [0.29, 0.717) is 18.8 Å². The zero-order valence-electron chi connectivity index (χ0n) is 13.4. The molecule has 3 N–H and O–H groups in total. The molecule has 0 aliphatic carbocycles. The number of carbonyl (C=O) groups is 2. The lowest BCUT2D eigenvalue weighted by molar-refractivity contribution is -0.124. The van der Waals surface area contributed by atoms with Crippen LogP contribution in [0.1, 0.15) is 17.5 Å². The lowest BCUT2D eigenvalue weighted by Crippen LogP contribution is -2.58. The van der Waals surface area contributed by atoms with E-state index in [-0.39, 0.29) is 17.7 Å². The van der Waals surface area contributed by atoms with Gasteiger partial charge in [-0.25, -0.2) is 0 Å². The van der Waals surface area contributed by atoms with E-state index in [4.69, 9.17) is 10.5 Å². The maximum Gasteiger partial charge on any atom is 0.291 e. The average Bonchev–Trinajstić information content (AvgIpc) is 3.03. The van der Waals surface area contributed by atoms with E-state index in [0.717, 1.165) is 5.69 Å². The van der Waals surface area contributed by atoms with E-state index in [1.54, 1.807) is 25.0 Å². The molecule has 1 aromatic heterocycles. The normalized spacial score (nSPS) is 17.9. The number of piperazine rings is 1. The minimum Gasteiger partial charge on any atom is -0.497 e. The van der Waals surface area contributed by atoms with Crippen molar-refractivity contribution in [2.45, 2.75) is 13.0 Å². The molecule has 2 heterocycles. The number of methoxy groups -OCH3 is 1. The summed E-state index contributed by atoms with van der Waals surface area (Å²) in [4.78, 5) is 32.1. The van der Waals surface area contributed by atoms with Crippen LogP contribution in [-0.2, 0) is 4.79 Å². The second-order valence-electron chi connectivity index (χ2n) is 5.41. The van der Waals surface area contributed by atoms with Crippen molar-refractivity contribution in [1.82, 2.24) is 20.1 Å². The minimum atomic E-state index is -0.622. The Labute approximate surface area is 138 Å². The van der Waals surface area contributed by atoms with Gasteiger partial charge in [0.25, 0.3) is 5.91 Å². The second-order valence-corrected chi connectivity index (χ2v) is 5.41. The molecule has 1 aliphatic heterocycles. The topological polar surface area (TPSA) is 117 Å². The van der Waals surface area contributed by atoms with Crippen molar-refractivity contribution in [1.29, 1.82) is 0 Å². The maximum atomic E-state index is 12.7. The predicted octanol–water partition coefficient (Wildman–Crippen LogP) is 0.273. The van der Waals surface area contributed by atoms with Crippen molar-refractivity contribution in [2.75, 3.05) is 30.8 Å². The largest absolute Gasteiger partial charge is 0.497 e. The Kier molecular flexibility index (Phi) is 4.07. The van der Waals surface area contributed by atoms with Gasteiger partial charge in [0.2, 0.25) is 17.7 Å². The highest BCUT2D eigenvalue weighted by Gasteiger charge is 2.36. The lowest BCUT2D eigenvalue weighted by atomic mass is 10.1. The van der Waals surface area contributed by atoms with Gasteiger partial charge in [0.1, 0.15) is 11.8 Å². The SMILES string of the molecule is COc1cccc(N2CCN(C(=O)c3nc(N)n[nH]3)C(C)C2=O)c1. The van der Waals surface area contributed by atoms with Gasteiger partial charge in [0, 0.05) is 24.8 Å². The number of carbonyl (C=O) groups excluding carboxylic acids is 2. The number of aromatic amines is 1. The first-order valence-corrected chi connectivity index (χ1v) is 7.45. The summed E-state index contributed by atoms with van der Waals surface area (Å²) < 4.78 is 5.19. The van der Waals surface area contributed by atoms with Crippen LogP contribution >= 0.6 is 0 Å². The summed E-state index contributed by atoms with van der Waals surface area (Å²) >= 11 is 0. The fourth-order valence-corrected chi connectivity index (χ4v) is 2.69. The molecule has 2 aromatic rings. The Balaban J connectivity index is 1.79. The highest BCUT2D eigenvalue weighted by molar-refractivity contribution is 6.02. The minimum absolute atomic E-state index is 0.00709. The van der Waals surface area contributed by atoms with Crippen molar-refractivity contribution in [3.05, 3.63) is 30.1 Å². The highest BCUT2D eigenvalue weighted by atomic mass is 16.5. The van der Waals surface area contributed by atoms with Crippen LogP contribution in [0.3, 0.4) is 0 Å². The molecule has 0 bridgehead atoms. The van der Waals surface area contributed by atoms with Crippen LogP contribution in [0.5, 0.6) is 5.75 Å². The van der Waals surface area contributed by atoms with Crippen LogP contribution in [0, 0.1) is 0 Å². The number of hydrogen-bond acceptors (Lipinski definition) is 6. The number of anilines is 2. The van der Waals surface area contributed by atoms with Crippen molar-refractivity contribution in [3.63, 3.8) is 0 Å². The maximum absolute atomic E-state index is 12.7. The summed E-state index contributed by atoms with van der Waals surface area (Å²) in [7, 11) is 1.57. The van der Waals surface area contributed by atoms with E-state index in [1.807, 2.05) is 18.2 Å². The fourth-order valence-electron chi connectivity index (χ4n) is 2.69. The van der Waals surface area contributed by atoms with Crippen LogP contribution in [0.2, 0.25) is 0 Å². The van der Waals surface area contributed by atoms with E-state index in [2.05, 4.69) is 15.2 Å². The molecule has 1 saturated heterocycles. The van der Waals surface area contributed by atoms with Gasteiger partial charge in [-0.05, 0) is 19.1 Å². The molecule has 3 rings (SSSR count). The zero-order chi connectivity index (χ0) is 17.3. The number of nitrogen functional groups attached to an aromatic ring is 1. The lowest BCUT2D eigenvalue weighted by Gasteiger charge is -2.38. The van der Waals surface area contributed by atoms with Crippen LogP contribution in [0.25, 0.3) is 0 Å². The van der Waals surface area contributed by atoms with Crippen LogP contribution in [0.4, 0.5) is 11.6 Å². The molecule has 1 unspecified atom stereocenters. The number of aromatic nitrogens is 3. The van der Waals surface area contributed by atoms with Crippen LogP contribution < -0.4 is 15.4 Å². The third-order valence-electron chi connectivity index (χ3n) is 3.99. The van der Waals surface area contributed by atoms with Crippen molar-refractivity contribution >= 4 is 23.5 Å². The molecular weight excluding hydrogens is 312 g/mol. The molecule has 24 heavy (non-hydrogen) atoms. The van der Waals surface area contributed by atoms with Gasteiger partial charge in [-0.2, -0.15) is 4.98 Å². The van der Waals surface area contributed by atoms with Crippen molar-refractivity contribution in [3.8, 4) is 5.75 Å². The Hall–Kier alpha value is -3.10. The van der Waals surface area contributed by atoms with Gasteiger partial charge in [0.15, 0.2) is 0 Å². The Morgan fingerprint density at radius 1 is 1.42 bits per heavy atom. The number of H-pyrrole nitrogens is 1. The Morgan fingerprint density at radius 2 is 2.21 bits per heavy atom. The molecule has 9 nitrogen and oxygen atoms in total. The first-order valence-electron chi connectivity index (χ1n) is 7.45. The summed E-state index contributed by atoms with van der Waals surface area (Å²) in [5, 5.41) is 6.12.